The maximum Gasteiger partial charge on any atom is 0.516 e. The third-order valence-corrected chi connectivity index (χ3v) is 5.34. The Hall–Kier alpha value is -1.01. The number of hydrogen-bond donors (Lipinski definition) is 0. The van der Waals surface area contributed by atoms with E-state index in [2.05, 4.69) is 43.4 Å². The first-order valence-electron chi connectivity index (χ1n) is 8.33. The predicted octanol–water partition coefficient (Wildman–Crippen LogP) is 2.36. The molecule has 22 heavy (non-hydrogen) atoms. The minimum Gasteiger partial charge on any atom is -0.398 e. The number of hydrogen-bond acceptors (Lipinski definition) is 4. The molecule has 3 rings (SSSR count). The fraction of sp³-hybridized carbons (Fsp3) is 0.812. The van der Waals surface area contributed by atoms with Crippen LogP contribution < -0.4 is 10.5 Å². The molecule has 0 bridgehead atoms. The Kier molecular flexibility index (Phi) is 3.80. The lowest BCUT2D eigenvalue weighted by Gasteiger charge is -2.32. The lowest BCUT2D eigenvalue weighted by molar-refractivity contribution is 0.00578. The second kappa shape index (κ2) is 5.27. The molecule has 1 saturated carbocycles. The van der Waals surface area contributed by atoms with Crippen LogP contribution in [0.5, 0.6) is 0 Å². The van der Waals surface area contributed by atoms with Crippen LogP contribution in [0.15, 0.2) is 6.20 Å². The zero-order valence-electron chi connectivity index (χ0n) is 14.7. The zero-order chi connectivity index (χ0) is 16.1. The molecule has 2 fully saturated rings. The molecule has 0 spiro atoms. The summed E-state index contributed by atoms with van der Waals surface area (Å²) in [6, 6.07) is 0.557. The molecule has 5 nitrogen and oxygen atoms in total. The number of imidazole rings is 1. The van der Waals surface area contributed by atoms with E-state index < -0.39 is 0 Å². The van der Waals surface area contributed by atoms with Crippen molar-refractivity contribution in [1.29, 1.82) is 0 Å². The van der Waals surface area contributed by atoms with Gasteiger partial charge in [0.15, 0.2) is 0 Å². The Balaban J connectivity index is 1.91. The Morgan fingerprint density at radius 1 is 1.14 bits per heavy atom. The molecule has 0 N–H and O–H groups in total. The number of aromatic nitrogens is 2. The quantitative estimate of drug-likeness (QED) is 0.804. The highest BCUT2D eigenvalue weighted by Gasteiger charge is 2.52. The lowest BCUT2D eigenvalue weighted by atomic mass is 9.86. The second-order valence-corrected chi connectivity index (χ2v) is 7.79. The van der Waals surface area contributed by atoms with Crippen LogP contribution in [0.4, 0.5) is 5.95 Å². The summed E-state index contributed by atoms with van der Waals surface area (Å²) in [5.74, 6) is 0.997. The maximum atomic E-state index is 6.14. The van der Waals surface area contributed by atoms with E-state index in [4.69, 9.17) is 14.3 Å². The van der Waals surface area contributed by atoms with Crippen LogP contribution in [0, 0.1) is 0 Å². The third kappa shape index (κ3) is 2.56. The van der Waals surface area contributed by atoms with E-state index in [-0.39, 0.29) is 18.3 Å². The third-order valence-electron chi connectivity index (χ3n) is 5.34. The van der Waals surface area contributed by atoms with E-state index in [1.54, 1.807) is 0 Å². The van der Waals surface area contributed by atoms with Crippen molar-refractivity contribution in [1.82, 2.24) is 9.55 Å². The molecular weight excluding hydrogens is 277 g/mol. The van der Waals surface area contributed by atoms with Crippen LogP contribution in [0.3, 0.4) is 0 Å². The van der Waals surface area contributed by atoms with Crippen molar-refractivity contribution in [3.05, 3.63) is 6.20 Å². The Morgan fingerprint density at radius 2 is 1.68 bits per heavy atom. The largest absolute Gasteiger partial charge is 0.516 e. The van der Waals surface area contributed by atoms with Crippen molar-refractivity contribution in [3.63, 3.8) is 0 Å². The SMILES string of the molecule is CN(C)c1nc(B2OC(C)(C)C(C)(C)O2)cn1C1CCCC1. The van der Waals surface area contributed by atoms with Gasteiger partial charge < -0.3 is 18.8 Å². The van der Waals surface area contributed by atoms with Gasteiger partial charge in [0.2, 0.25) is 5.95 Å². The maximum absolute atomic E-state index is 6.14. The Morgan fingerprint density at radius 3 is 2.18 bits per heavy atom. The summed E-state index contributed by atoms with van der Waals surface area (Å²) in [6.45, 7) is 8.31. The molecule has 1 saturated heterocycles. The van der Waals surface area contributed by atoms with Crippen LogP contribution in [0.1, 0.15) is 59.4 Å². The van der Waals surface area contributed by atoms with Crippen molar-refractivity contribution in [2.75, 3.05) is 19.0 Å². The van der Waals surface area contributed by atoms with E-state index in [9.17, 15) is 0 Å². The average Bonchev–Trinajstić information content (AvgIpc) is 3.09. The first-order chi connectivity index (χ1) is 10.2. The van der Waals surface area contributed by atoms with E-state index >= 15 is 0 Å². The summed E-state index contributed by atoms with van der Waals surface area (Å²) >= 11 is 0. The fourth-order valence-corrected chi connectivity index (χ4v) is 3.26. The molecular formula is C16H28BN3O2. The van der Waals surface area contributed by atoms with Gasteiger partial charge in [0.05, 0.1) is 16.8 Å². The normalized spacial score (nSPS) is 24.2. The molecule has 2 aliphatic rings. The number of rotatable bonds is 3. The smallest absolute Gasteiger partial charge is 0.398 e. The summed E-state index contributed by atoms with van der Waals surface area (Å²) in [7, 11) is 3.70. The summed E-state index contributed by atoms with van der Waals surface area (Å²) in [4.78, 5) is 6.88. The van der Waals surface area contributed by atoms with Crippen LogP contribution >= 0.6 is 0 Å². The van der Waals surface area contributed by atoms with E-state index in [0.29, 0.717) is 6.04 Å². The lowest BCUT2D eigenvalue weighted by Crippen LogP contribution is -2.41. The van der Waals surface area contributed by atoms with Gasteiger partial charge in [-0.05, 0) is 40.5 Å². The number of anilines is 1. The van der Waals surface area contributed by atoms with E-state index in [1.807, 2.05) is 14.1 Å². The molecule has 1 aliphatic carbocycles. The Bertz CT molecular complexity index is 532. The average molecular weight is 305 g/mol. The molecule has 1 aliphatic heterocycles. The highest BCUT2D eigenvalue weighted by Crippen LogP contribution is 2.37. The molecule has 0 aromatic carbocycles. The molecule has 0 amide bonds. The molecule has 122 valence electrons. The Labute approximate surface area is 134 Å². The van der Waals surface area contributed by atoms with Crippen LogP contribution in [0.25, 0.3) is 0 Å². The van der Waals surface area contributed by atoms with E-state index in [0.717, 1.165) is 11.5 Å². The van der Waals surface area contributed by atoms with Crippen molar-refractivity contribution in [3.8, 4) is 0 Å². The van der Waals surface area contributed by atoms with Crippen LogP contribution in [-0.2, 0) is 9.31 Å². The van der Waals surface area contributed by atoms with Crippen molar-refractivity contribution < 1.29 is 9.31 Å². The van der Waals surface area contributed by atoms with Crippen molar-refractivity contribution in [2.24, 2.45) is 0 Å². The minimum absolute atomic E-state index is 0.326. The second-order valence-electron chi connectivity index (χ2n) is 7.79. The highest BCUT2D eigenvalue weighted by atomic mass is 16.7. The first-order valence-corrected chi connectivity index (χ1v) is 8.33. The summed E-state index contributed by atoms with van der Waals surface area (Å²) in [5.41, 5.74) is 0.231. The van der Waals surface area contributed by atoms with Crippen LogP contribution in [-0.4, -0.2) is 42.0 Å². The van der Waals surface area contributed by atoms with Gasteiger partial charge in [0.1, 0.15) is 0 Å². The summed E-state index contributed by atoms with van der Waals surface area (Å²) in [5, 5.41) is 0. The molecule has 1 aromatic heterocycles. The van der Waals surface area contributed by atoms with Gasteiger partial charge in [-0.1, -0.05) is 12.8 Å². The highest BCUT2D eigenvalue weighted by molar-refractivity contribution is 6.61. The van der Waals surface area contributed by atoms with E-state index in [1.165, 1.54) is 25.7 Å². The predicted molar refractivity (Wildman–Crippen MR) is 89.8 cm³/mol. The fourth-order valence-electron chi connectivity index (χ4n) is 3.26. The van der Waals surface area contributed by atoms with Gasteiger partial charge >= 0.3 is 7.12 Å². The number of nitrogens with zero attached hydrogens (tertiary/aromatic N) is 3. The molecule has 0 radical (unpaired) electrons. The van der Waals surface area contributed by atoms with Crippen molar-refractivity contribution >= 4 is 18.7 Å². The zero-order valence-corrected chi connectivity index (χ0v) is 14.7. The minimum atomic E-state index is -0.383. The topological polar surface area (TPSA) is 39.5 Å². The van der Waals surface area contributed by atoms with Gasteiger partial charge in [0, 0.05) is 26.3 Å². The van der Waals surface area contributed by atoms with Crippen LogP contribution in [0.2, 0.25) is 0 Å². The first kappa shape index (κ1) is 15.9. The molecule has 6 heteroatoms. The monoisotopic (exact) mass is 305 g/mol. The van der Waals surface area contributed by atoms with Gasteiger partial charge in [-0.15, -0.1) is 0 Å². The van der Waals surface area contributed by atoms with Gasteiger partial charge in [-0.2, -0.15) is 0 Å². The molecule has 1 aromatic rings. The van der Waals surface area contributed by atoms with Crippen molar-refractivity contribution in [2.45, 2.75) is 70.6 Å². The molecule has 2 heterocycles. The molecule has 0 unspecified atom stereocenters. The standard InChI is InChI=1S/C16H28BN3O2/c1-15(2)16(3,4)22-17(21-15)13-11-20(12-9-7-8-10-12)14(18-13)19(5)6/h11-12H,7-10H2,1-6H3. The van der Waals surface area contributed by atoms with Gasteiger partial charge in [-0.3, -0.25) is 0 Å². The van der Waals surface area contributed by atoms with Gasteiger partial charge in [0.25, 0.3) is 0 Å². The van der Waals surface area contributed by atoms with Gasteiger partial charge in [-0.25, -0.2) is 4.98 Å². The summed E-state index contributed by atoms with van der Waals surface area (Å²) < 4.78 is 14.6. The summed E-state index contributed by atoms with van der Waals surface area (Å²) in [6.07, 6.45) is 7.22. The molecule has 0 atom stereocenters.